The fourth-order valence-corrected chi connectivity index (χ4v) is 4.90. The predicted octanol–water partition coefficient (Wildman–Crippen LogP) is 6.28. The van der Waals surface area contributed by atoms with Gasteiger partial charge in [0, 0.05) is 30.1 Å². The molecule has 0 saturated carbocycles. The molecular weight excluding hydrogens is 606 g/mol. The van der Waals surface area contributed by atoms with Gasteiger partial charge in [-0.3, -0.25) is 9.67 Å². The zero-order valence-electron chi connectivity index (χ0n) is 23.6. The van der Waals surface area contributed by atoms with Gasteiger partial charge in [-0.2, -0.15) is 31.4 Å². The van der Waals surface area contributed by atoms with Gasteiger partial charge in [-0.25, -0.2) is 9.59 Å². The van der Waals surface area contributed by atoms with Gasteiger partial charge < -0.3 is 15.5 Å². The fourth-order valence-electron chi connectivity index (χ4n) is 4.90. The lowest BCUT2D eigenvalue weighted by molar-refractivity contribution is -0.192. The Morgan fingerprint density at radius 1 is 0.867 bits per heavy atom. The summed E-state index contributed by atoms with van der Waals surface area (Å²) in [5, 5.41) is 25.0. The fraction of sp³-hybridized carbons (Fsp3) is 0.290. The number of carboxylic acid groups (broad SMARTS) is 2. The second kappa shape index (κ2) is 13.9. The van der Waals surface area contributed by atoms with Crippen molar-refractivity contribution >= 4 is 11.9 Å². The van der Waals surface area contributed by atoms with Crippen LogP contribution in [0.2, 0.25) is 0 Å². The lowest BCUT2D eigenvalue weighted by Gasteiger charge is -2.14. The molecule has 0 bridgehead atoms. The molecule has 1 aliphatic rings. The number of aliphatic carboxylic acids is 1. The lowest BCUT2D eigenvalue weighted by atomic mass is 9.90. The van der Waals surface area contributed by atoms with E-state index in [-0.39, 0.29) is 5.69 Å². The summed E-state index contributed by atoms with van der Waals surface area (Å²) in [7, 11) is 0. The summed E-state index contributed by atoms with van der Waals surface area (Å²) >= 11 is 0. The Kier molecular flexibility index (Phi) is 10.3. The summed E-state index contributed by atoms with van der Waals surface area (Å²) in [6.45, 7) is 1.97. The van der Waals surface area contributed by atoms with E-state index in [1.54, 1.807) is 10.9 Å². The number of aromatic carboxylic acids is 1. The van der Waals surface area contributed by atoms with Crippen molar-refractivity contribution in [3.05, 3.63) is 94.9 Å². The van der Waals surface area contributed by atoms with E-state index in [0.29, 0.717) is 19.5 Å². The molecule has 8 nitrogen and oxygen atoms in total. The van der Waals surface area contributed by atoms with Crippen LogP contribution in [0.5, 0.6) is 0 Å². The number of benzene rings is 2. The molecule has 3 N–H and O–H groups in total. The number of rotatable bonds is 9. The minimum Gasteiger partial charge on any atom is -0.477 e. The Morgan fingerprint density at radius 3 is 2.07 bits per heavy atom. The number of aryl methyl sites for hydroxylation is 2. The van der Waals surface area contributed by atoms with Crippen LogP contribution in [0.1, 0.15) is 39.2 Å². The monoisotopic (exact) mass is 634 g/mol. The van der Waals surface area contributed by atoms with Crippen molar-refractivity contribution in [2.24, 2.45) is 0 Å². The molecule has 238 valence electrons. The van der Waals surface area contributed by atoms with Crippen molar-refractivity contribution in [3.63, 3.8) is 0 Å². The van der Waals surface area contributed by atoms with Crippen molar-refractivity contribution in [1.82, 2.24) is 20.1 Å². The summed E-state index contributed by atoms with van der Waals surface area (Å²) in [5.74, 6) is -3.71. The molecule has 14 heteroatoms. The highest BCUT2D eigenvalue weighted by molar-refractivity contribution is 5.90. The number of halogens is 6. The summed E-state index contributed by atoms with van der Waals surface area (Å²) in [5.41, 5.74) is 5.94. The maximum Gasteiger partial charge on any atom is 0.490 e. The molecule has 0 unspecified atom stereocenters. The molecule has 0 fully saturated rings. The first-order valence-corrected chi connectivity index (χ1v) is 13.8. The minimum atomic E-state index is -5.08. The van der Waals surface area contributed by atoms with Gasteiger partial charge >= 0.3 is 24.3 Å². The molecule has 2 aromatic heterocycles. The Balaban J connectivity index is 0.000000591. The van der Waals surface area contributed by atoms with E-state index in [0.717, 1.165) is 77.0 Å². The van der Waals surface area contributed by atoms with Crippen LogP contribution in [0, 0.1) is 0 Å². The number of hydrogen-bond donors (Lipinski definition) is 3. The normalized spacial score (nSPS) is 12.5. The van der Waals surface area contributed by atoms with Gasteiger partial charge in [0.25, 0.3) is 0 Å². The minimum absolute atomic E-state index is 0.274. The molecule has 0 spiro atoms. The topological polar surface area (TPSA) is 117 Å². The van der Waals surface area contributed by atoms with Gasteiger partial charge in [0.2, 0.25) is 0 Å². The van der Waals surface area contributed by atoms with Crippen molar-refractivity contribution in [1.29, 1.82) is 0 Å². The third-order valence-corrected chi connectivity index (χ3v) is 7.11. The van der Waals surface area contributed by atoms with Gasteiger partial charge in [0.05, 0.1) is 11.3 Å². The molecule has 0 saturated heterocycles. The summed E-state index contributed by atoms with van der Waals surface area (Å²) in [4.78, 5) is 25.1. The number of alkyl halides is 6. The smallest absolute Gasteiger partial charge is 0.477 e. The first-order chi connectivity index (χ1) is 21.3. The van der Waals surface area contributed by atoms with E-state index < -0.39 is 29.9 Å². The van der Waals surface area contributed by atoms with Crippen LogP contribution >= 0.6 is 0 Å². The average molecular weight is 635 g/mol. The highest BCUT2D eigenvalue weighted by Crippen LogP contribution is 2.34. The molecule has 1 aliphatic carbocycles. The highest BCUT2D eigenvalue weighted by Gasteiger charge is 2.38. The van der Waals surface area contributed by atoms with E-state index >= 15 is 0 Å². The molecule has 0 atom stereocenters. The van der Waals surface area contributed by atoms with Crippen molar-refractivity contribution in [2.75, 3.05) is 13.1 Å². The molecule has 0 amide bonds. The van der Waals surface area contributed by atoms with Gasteiger partial charge in [0.1, 0.15) is 5.69 Å². The number of pyridine rings is 1. The van der Waals surface area contributed by atoms with Gasteiger partial charge in [-0.05, 0) is 79.2 Å². The van der Waals surface area contributed by atoms with E-state index in [2.05, 4.69) is 15.4 Å². The van der Waals surface area contributed by atoms with Crippen LogP contribution in [-0.4, -0.2) is 56.2 Å². The number of nitrogens with zero attached hydrogens (tertiary/aromatic N) is 3. The van der Waals surface area contributed by atoms with Crippen molar-refractivity contribution in [3.8, 4) is 22.4 Å². The number of carbonyl (C=O) groups is 2. The Morgan fingerprint density at radius 2 is 1.49 bits per heavy atom. The van der Waals surface area contributed by atoms with Crippen molar-refractivity contribution in [2.45, 2.75) is 44.6 Å². The average Bonchev–Trinajstić information content (AvgIpc) is 3.38. The van der Waals surface area contributed by atoms with Gasteiger partial charge in [-0.1, -0.05) is 36.4 Å². The van der Waals surface area contributed by atoms with E-state index in [1.807, 2.05) is 36.5 Å². The molecule has 5 rings (SSSR count). The van der Waals surface area contributed by atoms with Crippen LogP contribution in [0.15, 0.2) is 67.0 Å². The zero-order chi connectivity index (χ0) is 32.8. The molecule has 2 aromatic carbocycles. The summed E-state index contributed by atoms with van der Waals surface area (Å²) < 4.78 is 71.7. The number of aromatic nitrogens is 3. The van der Waals surface area contributed by atoms with Crippen LogP contribution in [-0.2, 0) is 36.8 Å². The molecule has 0 aliphatic heterocycles. The molecule has 2 heterocycles. The first kappa shape index (κ1) is 33.2. The Bertz CT molecular complexity index is 1630. The Labute approximate surface area is 253 Å². The summed E-state index contributed by atoms with van der Waals surface area (Å²) in [6.07, 6.45) is -2.95. The summed E-state index contributed by atoms with van der Waals surface area (Å²) in [6, 6.07) is 14.9. The van der Waals surface area contributed by atoms with Crippen LogP contribution in [0.4, 0.5) is 26.3 Å². The number of carboxylic acids is 2. The third kappa shape index (κ3) is 8.47. The lowest BCUT2D eigenvalue weighted by Crippen LogP contribution is -2.21. The molecular formula is C31H28F6N4O4. The van der Waals surface area contributed by atoms with Crippen LogP contribution in [0.25, 0.3) is 22.4 Å². The van der Waals surface area contributed by atoms with Crippen LogP contribution in [0.3, 0.4) is 0 Å². The Hall–Kier alpha value is -4.72. The first-order valence-electron chi connectivity index (χ1n) is 13.8. The maximum absolute atomic E-state index is 12.8. The molecule has 0 radical (unpaired) electrons. The third-order valence-electron chi connectivity index (χ3n) is 7.11. The van der Waals surface area contributed by atoms with E-state index in [9.17, 15) is 36.2 Å². The predicted molar refractivity (Wildman–Crippen MR) is 152 cm³/mol. The standard InChI is InChI=1S/C29H27F3N4O2.C2HF3O2/c30-29(31,32)23-9-6-21(7-10-23)20-4-2-19(3-5-20)12-15-33-14-1-17-36-27(28(37)38)25-11-8-22-18-34-16-13-24(22)26(25)35-36;3-2(4,5)1(6)7/h2-7,9-10,13,16,18,33H,1,8,11-12,14-15,17H2,(H,37,38);(H,6,7). The second-order valence-corrected chi connectivity index (χ2v) is 10.2. The highest BCUT2D eigenvalue weighted by atomic mass is 19.4. The van der Waals surface area contributed by atoms with E-state index in [1.165, 1.54) is 12.1 Å². The number of hydrogen-bond acceptors (Lipinski definition) is 5. The number of fused-ring (bicyclic) bond motifs is 3. The largest absolute Gasteiger partial charge is 0.490 e. The van der Waals surface area contributed by atoms with Crippen LogP contribution < -0.4 is 5.32 Å². The second-order valence-electron chi connectivity index (χ2n) is 10.2. The van der Waals surface area contributed by atoms with Crippen molar-refractivity contribution < 1.29 is 46.1 Å². The van der Waals surface area contributed by atoms with E-state index in [4.69, 9.17) is 9.90 Å². The maximum atomic E-state index is 12.8. The molecule has 45 heavy (non-hydrogen) atoms. The molecule has 4 aromatic rings. The quantitative estimate of drug-likeness (QED) is 0.147. The zero-order valence-corrected chi connectivity index (χ0v) is 23.6. The van der Waals surface area contributed by atoms with Gasteiger partial charge in [0.15, 0.2) is 0 Å². The van der Waals surface area contributed by atoms with Gasteiger partial charge in [-0.15, -0.1) is 0 Å². The SMILES string of the molecule is O=C(O)C(F)(F)F.O=C(O)c1c2c(nn1CCCNCCc1ccc(-c3ccc(C(F)(F)F)cc3)cc1)-c1ccncc1CC2. The number of nitrogens with one attached hydrogen (secondary N) is 1.